The smallest absolute Gasteiger partial charge is 0.404 e. The van der Waals surface area contributed by atoms with Crippen molar-refractivity contribution in [2.45, 2.75) is 63.2 Å². The lowest BCUT2D eigenvalue weighted by Crippen LogP contribution is -2.52. The van der Waals surface area contributed by atoms with E-state index in [1.807, 2.05) is 30.1 Å². The molecule has 5 N–H and O–H groups in total. The Labute approximate surface area is 218 Å². The van der Waals surface area contributed by atoms with E-state index in [0.717, 1.165) is 50.5 Å². The third-order valence-corrected chi connectivity index (χ3v) is 7.50. The fourth-order valence-corrected chi connectivity index (χ4v) is 5.71. The van der Waals surface area contributed by atoms with Crippen LogP contribution >= 0.6 is 11.6 Å². The topological polar surface area (TPSA) is 123 Å². The second-order valence-electron chi connectivity index (χ2n) is 9.98. The van der Waals surface area contributed by atoms with Gasteiger partial charge in [-0.1, -0.05) is 36.6 Å². The van der Waals surface area contributed by atoms with Gasteiger partial charge >= 0.3 is 12.1 Å². The van der Waals surface area contributed by atoms with Gasteiger partial charge in [-0.3, -0.25) is 0 Å². The molecule has 36 heavy (non-hydrogen) atoms. The number of piperidine rings is 1. The van der Waals surface area contributed by atoms with E-state index in [2.05, 4.69) is 16.0 Å². The number of likely N-dealkylation sites (tertiary alicyclic amines) is 1. The molecule has 0 unspecified atom stereocenters. The SMILES string of the molecule is CNC[C@@H](C[C@H]1CCCC[C@@H]1O)NC(=O)N1CCC[C@@H]([C@@H](OCCNC(=O)O)c2cccc(Cl)c2)C1. The summed E-state index contributed by atoms with van der Waals surface area (Å²) in [5, 5.41) is 28.6. The molecule has 0 radical (unpaired) electrons. The van der Waals surface area contributed by atoms with Crippen LogP contribution in [0.25, 0.3) is 0 Å². The normalized spacial score (nSPS) is 24.1. The summed E-state index contributed by atoms with van der Waals surface area (Å²) in [5.41, 5.74) is 0.921. The van der Waals surface area contributed by atoms with Crippen LogP contribution in [0.2, 0.25) is 5.02 Å². The van der Waals surface area contributed by atoms with Gasteiger partial charge in [0.25, 0.3) is 0 Å². The van der Waals surface area contributed by atoms with Crippen molar-refractivity contribution in [1.29, 1.82) is 0 Å². The monoisotopic (exact) mass is 524 g/mol. The summed E-state index contributed by atoms with van der Waals surface area (Å²) >= 11 is 6.24. The number of hydrogen-bond donors (Lipinski definition) is 5. The highest BCUT2D eigenvalue weighted by atomic mass is 35.5. The first-order valence-electron chi connectivity index (χ1n) is 13.1. The summed E-state index contributed by atoms with van der Waals surface area (Å²) in [4.78, 5) is 25.9. The molecule has 1 heterocycles. The van der Waals surface area contributed by atoms with Crippen molar-refractivity contribution in [3.8, 4) is 0 Å². The van der Waals surface area contributed by atoms with E-state index in [0.29, 0.717) is 24.7 Å². The highest BCUT2D eigenvalue weighted by molar-refractivity contribution is 6.30. The molecule has 10 heteroatoms. The van der Waals surface area contributed by atoms with Crippen LogP contribution in [0.4, 0.5) is 9.59 Å². The predicted molar refractivity (Wildman–Crippen MR) is 139 cm³/mol. The summed E-state index contributed by atoms with van der Waals surface area (Å²) < 4.78 is 6.15. The molecule has 9 nitrogen and oxygen atoms in total. The Morgan fingerprint density at radius 3 is 2.75 bits per heavy atom. The number of carbonyl (C=O) groups excluding carboxylic acids is 1. The van der Waals surface area contributed by atoms with E-state index >= 15 is 0 Å². The number of aliphatic hydroxyl groups excluding tert-OH is 1. The largest absolute Gasteiger partial charge is 0.465 e. The number of hydrogen-bond acceptors (Lipinski definition) is 5. The molecule has 1 saturated carbocycles. The van der Waals surface area contributed by atoms with Gasteiger partial charge in [0.1, 0.15) is 0 Å². The lowest BCUT2D eigenvalue weighted by molar-refractivity contribution is -0.00861. The van der Waals surface area contributed by atoms with Gasteiger partial charge < -0.3 is 35.8 Å². The predicted octanol–water partition coefficient (Wildman–Crippen LogP) is 3.62. The molecular formula is C26H41ClN4O5. The van der Waals surface area contributed by atoms with E-state index in [9.17, 15) is 14.7 Å². The highest BCUT2D eigenvalue weighted by Gasteiger charge is 2.33. The summed E-state index contributed by atoms with van der Waals surface area (Å²) in [7, 11) is 1.87. The van der Waals surface area contributed by atoms with Crippen LogP contribution in [0.5, 0.6) is 0 Å². The molecule has 2 aliphatic rings. The number of nitrogens with zero attached hydrogens (tertiary/aromatic N) is 1. The maximum Gasteiger partial charge on any atom is 0.404 e. The van der Waals surface area contributed by atoms with Gasteiger partial charge in [0.2, 0.25) is 0 Å². The third-order valence-electron chi connectivity index (χ3n) is 7.26. The zero-order valence-corrected chi connectivity index (χ0v) is 21.9. The quantitative estimate of drug-likeness (QED) is 0.282. The molecule has 0 bridgehead atoms. The summed E-state index contributed by atoms with van der Waals surface area (Å²) in [6, 6.07) is 7.36. The number of aliphatic hydroxyl groups is 1. The van der Waals surface area contributed by atoms with Crippen LogP contribution in [-0.2, 0) is 4.74 Å². The Balaban J connectivity index is 1.63. The molecule has 1 aromatic rings. The molecule has 3 amide bonds. The van der Waals surface area contributed by atoms with Crippen molar-refractivity contribution >= 4 is 23.7 Å². The standard InChI is InChI=1S/C26H41ClN4O5/c1-28-16-22(15-18-6-2-3-10-23(18)32)30-25(33)31-12-5-8-20(17-31)24(36-13-11-29-26(34)35)19-7-4-9-21(27)14-19/h4,7,9,14,18,20,22-24,28-29,32H,2-3,5-6,8,10-13,15-17H2,1H3,(H,30,33)(H,34,35)/t18-,20-,22-,23+,24+/m1/s1. The highest BCUT2D eigenvalue weighted by Crippen LogP contribution is 2.34. The fourth-order valence-electron chi connectivity index (χ4n) is 5.51. The van der Waals surface area contributed by atoms with Crippen LogP contribution in [0.1, 0.15) is 56.6 Å². The summed E-state index contributed by atoms with van der Waals surface area (Å²) in [6.45, 7) is 2.26. The summed E-state index contributed by atoms with van der Waals surface area (Å²) in [5.74, 6) is 0.266. The second-order valence-corrected chi connectivity index (χ2v) is 10.4. The van der Waals surface area contributed by atoms with E-state index in [1.54, 1.807) is 6.07 Å². The van der Waals surface area contributed by atoms with E-state index in [-0.39, 0.29) is 49.3 Å². The third kappa shape index (κ3) is 8.80. The molecule has 202 valence electrons. The molecule has 3 rings (SSSR count). The van der Waals surface area contributed by atoms with Crippen molar-refractivity contribution in [3.63, 3.8) is 0 Å². The number of benzene rings is 1. The van der Waals surface area contributed by atoms with Crippen molar-refractivity contribution in [1.82, 2.24) is 20.9 Å². The minimum atomic E-state index is -1.09. The number of ether oxygens (including phenoxy) is 1. The molecule has 1 saturated heterocycles. The number of amides is 3. The Hall–Kier alpha value is -2.07. The minimum Gasteiger partial charge on any atom is -0.465 e. The first kappa shape index (κ1) is 28.5. The second kappa shape index (κ2) is 14.6. The number of likely N-dealkylation sites (N-methyl/N-ethyl adjacent to an activating group) is 1. The maximum absolute atomic E-state index is 13.3. The zero-order valence-electron chi connectivity index (χ0n) is 21.1. The number of nitrogens with one attached hydrogen (secondary N) is 3. The van der Waals surface area contributed by atoms with Gasteiger partial charge in [-0.25, -0.2) is 9.59 Å². The van der Waals surface area contributed by atoms with Crippen molar-refractivity contribution in [3.05, 3.63) is 34.9 Å². The van der Waals surface area contributed by atoms with Crippen LogP contribution in [0.3, 0.4) is 0 Å². The van der Waals surface area contributed by atoms with Crippen LogP contribution < -0.4 is 16.0 Å². The Bertz CT molecular complexity index is 844. The van der Waals surface area contributed by atoms with Gasteiger partial charge in [0.15, 0.2) is 0 Å². The van der Waals surface area contributed by atoms with Crippen LogP contribution in [0.15, 0.2) is 24.3 Å². The molecule has 5 atom stereocenters. The van der Waals surface area contributed by atoms with Crippen molar-refractivity contribution < 1.29 is 24.5 Å². The first-order chi connectivity index (χ1) is 17.4. The molecule has 1 aliphatic carbocycles. The molecule has 1 aliphatic heterocycles. The Kier molecular flexibility index (Phi) is 11.6. The zero-order chi connectivity index (χ0) is 25.9. The Morgan fingerprint density at radius 2 is 2.03 bits per heavy atom. The molecule has 0 spiro atoms. The molecule has 1 aromatic carbocycles. The number of halogens is 1. The minimum absolute atomic E-state index is 0.0516. The number of carboxylic acid groups (broad SMARTS) is 1. The van der Waals surface area contributed by atoms with E-state index in [4.69, 9.17) is 21.4 Å². The van der Waals surface area contributed by atoms with Crippen molar-refractivity contribution in [2.75, 3.05) is 39.8 Å². The molecule has 2 fully saturated rings. The molecule has 0 aromatic heterocycles. The number of carbonyl (C=O) groups is 2. The van der Waals surface area contributed by atoms with Gasteiger partial charge in [0.05, 0.1) is 18.8 Å². The van der Waals surface area contributed by atoms with Crippen LogP contribution in [-0.4, -0.2) is 79.2 Å². The Morgan fingerprint density at radius 1 is 1.22 bits per heavy atom. The lowest BCUT2D eigenvalue weighted by atomic mass is 9.82. The fraction of sp³-hybridized carbons (Fsp3) is 0.692. The average molecular weight is 525 g/mol. The van der Waals surface area contributed by atoms with Gasteiger partial charge in [-0.05, 0) is 62.8 Å². The first-order valence-corrected chi connectivity index (χ1v) is 13.5. The summed E-state index contributed by atoms with van der Waals surface area (Å²) in [6.07, 6.45) is 4.85. The molecular weight excluding hydrogens is 484 g/mol. The maximum atomic E-state index is 13.3. The number of rotatable bonds is 11. The average Bonchev–Trinajstić information content (AvgIpc) is 2.85. The van der Waals surface area contributed by atoms with Crippen LogP contribution in [0, 0.1) is 11.8 Å². The van der Waals surface area contributed by atoms with Gasteiger partial charge in [0, 0.05) is 43.2 Å². The van der Waals surface area contributed by atoms with Gasteiger partial charge in [-0.15, -0.1) is 0 Å². The van der Waals surface area contributed by atoms with E-state index in [1.165, 1.54) is 0 Å². The van der Waals surface area contributed by atoms with E-state index < -0.39 is 6.09 Å². The lowest BCUT2D eigenvalue weighted by Gasteiger charge is -2.38. The number of urea groups is 1. The van der Waals surface area contributed by atoms with Gasteiger partial charge in [-0.2, -0.15) is 0 Å². The van der Waals surface area contributed by atoms with Crippen molar-refractivity contribution in [2.24, 2.45) is 11.8 Å².